The van der Waals surface area contributed by atoms with Gasteiger partial charge in [-0.2, -0.15) is 5.10 Å². The Morgan fingerprint density at radius 3 is 2.50 bits per heavy atom. The maximum Gasteiger partial charge on any atom is 0.256 e. The first-order chi connectivity index (χ1) is 16.5. The van der Waals surface area contributed by atoms with Crippen LogP contribution in [0.25, 0.3) is 10.9 Å². The van der Waals surface area contributed by atoms with Crippen molar-refractivity contribution in [1.82, 2.24) is 14.3 Å². The van der Waals surface area contributed by atoms with Crippen molar-refractivity contribution in [3.05, 3.63) is 119 Å². The van der Waals surface area contributed by atoms with Crippen LogP contribution in [0.4, 0.5) is 10.2 Å². The molecular formula is C28H25FN4O. The number of aryl methyl sites for hydroxylation is 1. The number of anilines is 1. The van der Waals surface area contributed by atoms with Gasteiger partial charge in [-0.25, -0.2) is 4.39 Å². The Morgan fingerprint density at radius 2 is 1.71 bits per heavy atom. The Bertz CT molecular complexity index is 1480. The first kappa shape index (κ1) is 21.6. The van der Waals surface area contributed by atoms with Crippen molar-refractivity contribution in [3.8, 4) is 0 Å². The Hall–Kier alpha value is -4.19. The van der Waals surface area contributed by atoms with Crippen LogP contribution in [0.15, 0.2) is 85.1 Å². The number of nitrogens with zero attached hydrogens (tertiary/aromatic N) is 3. The molecule has 1 amide bonds. The number of halogens is 1. The minimum Gasteiger partial charge on any atom is -0.340 e. The SMILES string of the molecule is Cc1c(C)n(Cc2ccccc2)c2ccc(C(=O)Nc3ccn(Cc4ccccc4F)n3)cc12. The van der Waals surface area contributed by atoms with Gasteiger partial charge in [0.05, 0.1) is 6.54 Å². The van der Waals surface area contributed by atoms with Gasteiger partial charge in [-0.05, 0) is 49.2 Å². The molecule has 5 nitrogen and oxygen atoms in total. The van der Waals surface area contributed by atoms with Gasteiger partial charge in [-0.1, -0.05) is 48.5 Å². The highest BCUT2D eigenvalue weighted by atomic mass is 19.1. The predicted octanol–water partition coefficient (Wildman–Crippen LogP) is 5.94. The number of nitrogens with one attached hydrogen (secondary N) is 1. The summed E-state index contributed by atoms with van der Waals surface area (Å²) in [5, 5.41) is 8.29. The molecular weight excluding hydrogens is 427 g/mol. The zero-order chi connectivity index (χ0) is 23.7. The van der Waals surface area contributed by atoms with Gasteiger partial charge in [0.15, 0.2) is 5.82 Å². The number of benzene rings is 3. The van der Waals surface area contributed by atoms with Gasteiger partial charge >= 0.3 is 0 Å². The molecule has 6 heteroatoms. The van der Waals surface area contributed by atoms with Crippen LogP contribution in [0.5, 0.6) is 0 Å². The number of carbonyl (C=O) groups excluding carboxylic acids is 1. The fourth-order valence-corrected chi connectivity index (χ4v) is 4.27. The minimum absolute atomic E-state index is 0.231. The molecule has 0 aliphatic heterocycles. The van der Waals surface area contributed by atoms with E-state index >= 15 is 0 Å². The third-order valence-corrected chi connectivity index (χ3v) is 6.26. The molecule has 2 aromatic heterocycles. The van der Waals surface area contributed by atoms with Crippen LogP contribution in [0.2, 0.25) is 0 Å². The van der Waals surface area contributed by atoms with E-state index in [9.17, 15) is 9.18 Å². The second-order valence-corrected chi connectivity index (χ2v) is 8.46. The summed E-state index contributed by atoms with van der Waals surface area (Å²) in [6, 6.07) is 24.4. The highest BCUT2D eigenvalue weighted by Crippen LogP contribution is 2.27. The predicted molar refractivity (Wildman–Crippen MR) is 133 cm³/mol. The van der Waals surface area contributed by atoms with Crippen molar-refractivity contribution < 1.29 is 9.18 Å². The smallest absolute Gasteiger partial charge is 0.256 e. The first-order valence-corrected chi connectivity index (χ1v) is 11.2. The lowest BCUT2D eigenvalue weighted by Crippen LogP contribution is -2.13. The van der Waals surface area contributed by atoms with Crippen molar-refractivity contribution in [1.29, 1.82) is 0 Å². The number of aromatic nitrogens is 3. The van der Waals surface area contributed by atoms with Crippen LogP contribution < -0.4 is 5.32 Å². The topological polar surface area (TPSA) is 51.9 Å². The molecule has 5 aromatic rings. The lowest BCUT2D eigenvalue weighted by Gasteiger charge is -2.09. The maximum absolute atomic E-state index is 13.9. The molecule has 0 aliphatic rings. The second-order valence-electron chi connectivity index (χ2n) is 8.46. The van der Waals surface area contributed by atoms with Crippen LogP contribution in [-0.2, 0) is 13.1 Å². The van der Waals surface area contributed by atoms with E-state index in [4.69, 9.17) is 0 Å². The molecule has 2 heterocycles. The number of rotatable bonds is 6. The van der Waals surface area contributed by atoms with Gasteiger partial charge in [0, 0.05) is 46.5 Å². The molecule has 1 N–H and O–H groups in total. The normalized spacial score (nSPS) is 11.1. The molecule has 0 unspecified atom stereocenters. The van der Waals surface area contributed by atoms with E-state index in [2.05, 4.69) is 41.0 Å². The summed E-state index contributed by atoms with van der Waals surface area (Å²) in [7, 11) is 0. The van der Waals surface area contributed by atoms with Gasteiger partial charge in [0.2, 0.25) is 0 Å². The summed E-state index contributed by atoms with van der Waals surface area (Å²) in [4.78, 5) is 12.9. The van der Waals surface area contributed by atoms with Gasteiger partial charge in [0.25, 0.3) is 5.91 Å². The zero-order valence-corrected chi connectivity index (χ0v) is 19.1. The summed E-state index contributed by atoms with van der Waals surface area (Å²) in [6.45, 7) is 5.27. The molecule has 3 aromatic carbocycles. The Balaban J connectivity index is 1.35. The molecule has 0 saturated heterocycles. The lowest BCUT2D eigenvalue weighted by atomic mass is 10.1. The largest absolute Gasteiger partial charge is 0.340 e. The maximum atomic E-state index is 13.9. The number of amides is 1. The second kappa shape index (κ2) is 8.98. The summed E-state index contributed by atoms with van der Waals surface area (Å²) in [5.41, 5.74) is 5.79. The standard InChI is InChI=1S/C28H25FN4O/c1-19-20(2)33(17-21-8-4-3-5-9-21)26-13-12-22(16-24(19)26)28(34)30-27-14-15-32(31-27)18-23-10-6-7-11-25(23)29/h3-16H,17-18H2,1-2H3,(H,30,31,34). The molecule has 34 heavy (non-hydrogen) atoms. The number of hydrogen-bond acceptors (Lipinski definition) is 2. The van der Waals surface area contributed by atoms with Crippen LogP contribution in [-0.4, -0.2) is 20.3 Å². The van der Waals surface area contributed by atoms with Crippen molar-refractivity contribution >= 4 is 22.6 Å². The van der Waals surface area contributed by atoms with Crippen LogP contribution in [0.3, 0.4) is 0 Å². The molecule has 5 rings (SSSR count). The van der Waals surface area contributed by atoms with E-state index < -0.39 is 0 Å². The van der Waals surface area contributed by atoms with Crippen LogP contribution >= 0.6 is 0 Å². The van der Waals surface area contributed by atoms with Crippen molar-refractivity contribution in [2.75, 3.05) is 5.32 Å². The van der Waals surface area contributed by atoms with Crippen molar-refractivity contribution in [3.63, 3.8) is 0 Å². The Kier molecular flexibility index (Phi) is 5.72. The number of hydrogen-bond donors (Lipinski definition) is 1. The third kappa shape index (κ3) is 4.22. The Morgan fingerprint density at radius 1 is 0.941 bits per heavy atom. The van der Waals surface area contributed by atoms with Gasteiger partial charge < -0.3 is 9.88 Å². The van der Waals surface area contributed by atoms with E-state index in [1.54, 1.807) is 35.1 Å². The molecule has 0 spiro atoms. The summed E-state index contributed by atoms with van der Waals surface area (Å²) in [5.74, 6) is -0.0800. The summed E-state index contributed by atoms with van der Waals surface area (Å²) in [6.07, 6.45) is 1.72. The quantitative estimate of drug-likeness (QED) is 0.347. The summed E-state index contributed by atoms with van der Waals surface area (Å²) >= 11 is 0. The van der Waals surface area contributed by atoms with E-state index in [-0.39, 0.29) is 11.7 Å². The van der Waals surface area contributed by atoms with Crippen molar-refractivity contribution in [2.45, 2.75) is 26.9 Å². The highest BCUT2D eigenvalue weighted by Gasteiger charge is 2.15. The average molecular weight is 453 g/mol. The highest BCUT2D eigenvalue weighted by molar-refractivity contribution is 6.06. The van der Waals surface area contributed by atoms with E-state index in [0.717, 1.165) is 23.0 Å². The Labute approximate surface area is 197 Å². The summed E-state index contributed by atoms with van der Waals surface area (Å²) < 4.78 is 17.8. The monoisotopic (exact) mass is 452 g/mol. The van der Waals surface area contributed by atoms with E-state index in [1.165, 1.54) is 17.3 Å². The minimum atomic E-state index is -0.276. The molecule has 0 bridgehead atoms. The molecule has 0 radical (unpaired) electrons. The van der Waals surface area contributed by atoms with Gasteiger partial charge in [-0.3, -0.25) is 9.48 Å². The fourth-order valence-electron chi connectivity index (χ4n) is 4.27. The average Bonchev–Trinajstić information content (AvgIpc) is 3.38. The molecule has 0 saturated carbocycles. The van der Waals surface area contributed by atoms with Crippen LogP contribution in [0.1, 0.15) is 32.7 Å². The molecule has 0 aliphatic carbocycles. The van der Waals surface area contributed by atoms with Crippen LogP contribution in [0, 0.1) is 19.7 Å². The fraction of sp³-hybridized carbons (Fsp3) is 0.143. The van der Waals surface area contributed by atoms with E-state index in [0.29, 0.717) is 23.5 Å². The lowest BCUT2D eigenvalue weighted by molar-refractivity contribution is 0.102. The zero-order valence-electron chi connectivity index (χ0n) is 19.1. The molecule has 170 valence electrons. The van der Waals surface area contributed by atoms with Gasteiger partial charge in [-0.15, -0.1) is 0 Å². The van der Waals surface area contributed by atoms with E-state index in [1.807, 2.05) is 36.4 Å². The van der Waals surface area contributed by atoms with Gasteiger partial charge in [0.1, 0.15) is 5.82 Å². The molecule has 0 fully saturated rings. The molecule has 0 atom stereocenters. The number of carbonyl (C=O) groups is 1. The third-order valence-electron chi connectivity index (χ3n) is 6.26. The first-order valence-electron chi connectivity index (χ1n) is 11.2. The number of fused-ring (bicyclic) bond motifs is 1. The van der Waals surface area contributed by atoms with Crippen molar-refractivity contribution in [2.24, 2.45) is 0 Å².